The molecule has 0 fully saturated rings. The zero-order valence-electron chi connectivity index (χ0n) is 25.4. The normalized spacial score (nSPS) is 11.9. The van der Waals surface area contributed by atoms with Gasteiger partial charge in [-0.05, 0) is 99.5 Å². The smallest absolute Gasteiger partial charge is 0.338 e. The maximum Gasteiger partial charge on any atom is 0.338 e. The second kappa shape index (κ2) is 17.3. The number of hydrogen-bond donors (Lipinski definition) is 0. The zero-order chi connectivity index (χ0) is 31.9. The Kier molecular flexibility index (Phi) is 13.2. The Morgan fingerprint density at radius 3 is 1.11 bits per heavy atom. The van der Waals surface area contributed by atoms with E-state index in [4.69, 9.17) is 28.4 Å². The lowest BCUT2D eigenvalue weighted by atomic mass is 10.1. The van der Waals surface area contributed by atoms with Crippen molar-refractivity contribution in [1.29, 1.82) is 0 Å². The summed E-state index contributed by atoms with van der Waals surface area (Å²) >= 11 is 0. The summed E-state index contributed by atoms with van der Waals surface area (Å²) in [7, 11) is 0. The van der Waals surface area contributed by atoms with Crippen LogP contribution in [0.25, 0.3) is 0 Å². The van der Waals surface area contributed by atoms with E-state index in [9.17, 15) is 19.2 Å². The summed E-state index contributed by atoms with van der Waals surface area (Å²) < 4.78 is 32.2. The van der Waals surface area contributed by atoms with E-state index in [-0.39, 0.29) is 24.3 Å². The molecule has 0 radical (unpaired) electrons. The van der Waals surface area contributed by atoms with Crippen molar-refractivity contribution in [2.45, 2.75) is 52.7 Å². The lowest BCUT2D eigenvalue weighted by Crippen LogP contribution is -2.23. The Morgan fingerprint density at radius 1 is 0.500 bits per heavy atom. The molecule has 0 saturated heterocycles. The monoisotopic (exact) mass is 606 g/mol. The van der Waals surface area contributed by atoms with Crippen LogP contribution in [0.2, 0.25) is 0 Å². The summed E-state index contributed by atoms with van der Waals surface area (Å²) in [5.74, 6) is -1.05. The number of hydrogen-bond acceptors (Lipinski definition) is 10. The van der Waals surface area contributed by atoms with Crippen molar-refractivity contribution >= 4 is 23.9 Å². The first-order valence-electron chi connectivity index (χ1n) is 14.5. The van der Waals surface area contributed by atoms with Crippen LogP contribution in [0.1, 0.15) is 82.0 Å². The van der Waals surface area contributed by atoms with Crippen LogP contribution >= 0.6 is 0 Å². The highest BCUT2D eigenvalue weighted by Crippen LogP contribution is 2.16. The Bertz CT molecular complexity index is 1260. The molecule has 0 aliphatic carbocycles. The molecule has 3 aromatic rings. The summed E-state index contributed by atoms with van der Waals surface area (Å²) in [4.78, 5) is 49.7. The fraction of sp³-hybridized carbons (Fsp3) is 0.353. The fourth-order valence-corrected chi connectivity index (χ4v) is 3.68. The van der Waals surface area contributed by atoms with E-state index in [0.717, 1.165) is 12.8 Å². The van der Waals surface area contributed by atoms with Gasteiger partial charge in [0.1, 0.15) is 36.9 Å². The first kappa shape index (κ1) is 33.6. The predicted octanol–water partition coefficient (Wildman–Crippen LogP) is 6.07. The number of carbonyl (C=O) groups excluding carboxylic acids is 4. The minimum Gasteiger partial charge on any atom is -0.494 e. The average molecular weight is 607 g/mol. The van der Waals surface area contributed by atoms with Crippen LogP contribution in [0, 0.1) is 0 Å². The largest absolute Gasteiger partial charge is 0.494 e. The molecule has 0 spiro atoms. The third-order valence-corrected chi connectivity index (χ3v) is 6.00. The third-order valence-electron chi connectivity index (χ3n) is 6.00. The maximum atomic E-state index is 12.5. The summed E-state index contributed by atoms with van der Waals surface area (Å²) in [6.45, 7) is 8.10. The summed E-state index contributed by atoms with van der Waals surface area (Å²) in [5, 5.41) is 0. The molecule has 0 saturated carbocycles. The van der Waals surface area contributed by atoms with E-state index >= 15 is 0 Å². The summed E-state index contributed by atoms with van der Waals surface area (Å²) in [6.07, 6.45) is 0.380. The van der Waals surface area contributed by atoms with Crippen molar-refractivity contribution in [1.82, 2.24) is 0 Å². The van der Waals surface area contributed by atoms with E-state index < -0.39 is 36.1 Å². The van der Waals surface area contributed by atoms with Crippen LogP contribution in [0.15, 0.2) is 72.8 Å². The van der Waals surface area contributed by atoms with Gasteiger partial charge in [-0.15, -0.1) is 0 Å². The SMILES string of the molecule is CCCOc1ccc(C(=O)OC(C)COC(=O)c2ccc(C(=O)OCC(C)OC(=O)c3ccc(OCCC)cc3)cc2)cc1. The van der Waals surface area contributed by atoms with Gasteiger partial charge in [0.2, 0.25) is 0 Å². The second-order valence-electron chi connectivity index (χ2n) is 9.95. The van der Waals surface area contributed by atoms with Gasteiger partial charge in [-0.1, -0.05) is 13.8 Å². The Morgan fingerprint density at radius 2 is 0.795 bits per heavy atom. The molecule has 0 aromatic heterocycles. The maximum absolute atomic E-state index is 12.5. The highest BCUT2D eigenvalue weighted by atomic mass is 16.6. The molecule has 2 atom stereocenters. The molecule has 0 aliphatic heterocycles. The minimum atomic E-state index is -0.688. The molecule has 0 amide bonds. The lowest BCUT2D eigenvalue weighted by Gasteiger charge is -2.15. The fourth-order valence-electron chi connectivity index (χ4n) is 3.68. The van der Waals surface area contributed by atoms with Gasteiger partial charge in [0.05, 0.1) is 35.5 Å². The van der Waals surface area contributed by atoms with E-state index in [1.165, 1.54) is 24.3 Å². The first-order valence-corrected chi connectivity index (χ1v) is 14.5. The van der Waals surface area contributed by atoms with E-state index in [2.05, 4.69) is 0 Å². The van der Waals surface area contributed by atoms with E-state index in [0.29, 0.717) is 35.8 Å². The zero-order valence-corrected chi connectivity index (χ0v) is 25.4. The Balaban J connectivity index is 1.39. The highest BCUT2D eigenvalue weighted by molar-refractivity contribution is 5.93. The molecular formula is C34H38O10. The Labute approximate surface area is 257 Å². The number of carbonyl (C=O) groups is 4. The third kappa shape index (κ3) is 10.8. The van der Waals surface area contributed by atoms with E-state index in [1.54, 1.807) is 62.4 Å². The number of rotatable bonds is 16. The van der Waals surface area contributed by atoms with Crippen molar-refractivity contribution in [2.75, 3.05) is 26.4 Å². The highest BCUT2D eigenvalue weighted by Gasteiger charge is 2.18. The molecule has 0 N–H and O–H groups in total. The molecule has 234 valence electrons. The second-order valence-corrected chi connectivity index (χ2v) is 9.95. The standard InChI is InChI=1S/C34H38O10/c1-5-19-39-29-15-11-27(12-16-29)33(37)43-23(3)21-41-31(35)25-7-9-26(10-8-25)32(36)42-22-24(4)44-34(38)28-13-17-30(18-14-28)40-20-6-2/h7-18,23-24H,5-6,19-22H2,1-4H3. The van der Waals surface area contributed by atoms with Crippen molar-refractivity contribution in [2.24, 2.45) is 0 Å². The molecule has 0 bridgehead atoms. The number of ether oxygens (including phenoxy) is 6. The molecule has 10 nitrogen and oxygen atoms in total. The topological polar surface area (TPSA) is 124 Å². The van der Waals surface area contributed by atoms with Gasteiger partial charge in [-0.25, -0.2) is 19.2 Å². The predicted molar refractivity (Wildman–Crippen MR) is 161 cm³/mol. The molecule has 2 unspecified atom stereocenters. The van der Waals surface area contributed by atoms with Gasteiger partial charge in [0.25, 0.3) is 0 Å². The Hall–Kier alpha value is -4.86. The van der Waals surface area contributed by atoms with Crippen LogP contribution in [0.5, 0.6) is 11.5 Å². The molecule has 10 heteroatoms. The van der Waals surface area contributed by atoms with Crippen LogP contribution in [-0.2, 0) is 18.9 Å². The van der Waals surface area contributed by atoms with Gasteiger partial charge in [0.15, 0.2) is 0 Å². The van der Waals surface area contributed by atoms with Crippen LogP contribution < -0.4 is 9.47 Å². The van der Waals surface area contributed by atoms with Crippen molar-refractivity contribution in [3.8, 4) is 11.5 Å². The van der Waals surface area contributed by atoms with Crippen LogP contribution in [-0.4, -0.2) is 62.5 Å². The molecule has 0 heterocycles. The van der Waals surface area contributed by atoms with Gasteiger partial charge >= 0.3 is 23.9 Å². The molecule has 3 rings (SSSR count). The average Bonchev–Trinajstić information content (AvgIpc) is 3.04. The van der Waals surface area contributed by atoms with Gasteiger partial charge < -0.3 is 28.4 Å². The molecular weight excluding hydrogens is 568 g/mol. The van der Waals surface area contributed by atoms with Crippen LogP contribution in [0.3, 0.4) is 0 Å². The van der Waals surface area contributed by atoms with Crippen molar-refractivity contribution in [3.05, 3.63) is 95.1 Å². The molecule has 44 heavy (non-hydrogen) atoms. The van der Waals surface area contributed by atoms with Gasteiger partial charge in [0, 0.05) is 0 Å². The minimum absolute atomic E-state index is 0.153. The summed E-state index contributed by atoms with van der Waals surface area (Å²) in [6, 6.07) is 18.9. The molecule has 0 aliphatic rings. The summed E-state index contributed by atoms with van der Waals surface area (Å²) in [5.41, 5.74) is 1.11. The van der Waals surface area contributed by atoms with Crippen molar-refractivity contribution in [3.63, 3.8) is 0 Å². The number of esters is 4. The van der Waals surface area contributed by atoms with Crippen molar-refractivity contribution < 1.29 is 47.6 Å². The quantitative estimate of drug-likeness (QED) is 0.140. The lowest BCUT2D eigenvalue weighted by molar-refractivity contribution is 0.00421. The number of benzene rings is 3. The van der Waals surface area contributed by atoms with Gasteiger partial charge in [-0.3, -0.25) is 0 Å². The van der Waals surface area contributed by atoms with E-state index in [1.807, 2.05) is 13.8 Å². The molecule has 3 aromatic carbocycles. The van der Waals surface area contributed by atoms with Crippen LogP contribution in [0.4, 0.5) is 0 Å². The van der Waals surface area contributed by atoms with Gasteiger partial charge in [-0.2, -0.15) is 0 Å². The first-order chi connectivity index (χ1) is 21.2.